The van der Waals surface area contributed by atoms with Crippen molar-refractivity contribution >= 4 is 76.9 Å². The molecule has 13 heteroatoms. The van der Waals surface area contributed by atoms with Gasteiger partial charge in [-0.15, -0.1) is 48.6 Å². The van der Waals surface area contributed by atoms with Crippen molar-refractivity contribution in [3.63, 3.8) is 0 Å². The van der Waals surface area contributed by atoms with Gasteiger partial charge < -0.3 is 16.1 Å². The van der Waals surface area contributed by atoms with Gasteiger partial charge in [-0.05, 0) is 11.6 Å². The third kappa shape index (κ3) is 5.41. The highest BCUT2D eigenvalue weighted by Crippen LogP contribution is 2.24. The Morgan fingerprint density at radius 3 is 2.45 bits per heavy atom. The Morgan fingerprint density at radius 1 is 1.32 bits per heavy atom. The SMILES string of the molecule is CN(Cc1csc(N)n1)c1nc(Cl)nc(NN)c1F.Cl.Cl.Cl. The lowest BCUT2D eigenvalue weighted by atomic mass is 10.4. The van der Waals surface area contributed by atoms with Gasteiger partial charge in [-0.3, -0.25) is 0 Å². The van der Waals surface area contributed by atoms with Gasteiger partial charge in [0.2, 0.25) is 11.1 Å². The van der Waals surface area contributed by atoms with Gasteiger partial charge in [0.1, 0.15) is 0 Å². The van der Waals surface area contributed by atoms with Gasteiger partial charge in [-0.1, -0.05) is 0 Å². The Hall–Kier alpha value is -0.840. The molecule has 0 aliphatic rings. The number of nitrogens with zero attached hydrogens (tertiary/aromatic N) is 4. The molecule has 2 aromatic rings. The molecule has 2 aromatic heterocycles. The number of nitrogens with one attached hydrogen (secondary N) is 1. The highest BCUT2D eigenvalue weighted by atomic mass is 35.5. The van der Waals surface area contributed by atoms with Crippen LogP contribution in [-0.2, 0) is 6.54 Å². The van der Waals surface area contributed by atoms with E-state index in [0.29, 0.717) is 17.4 Å². The van der Waals surface area contributed by atoms with Crippen LogP contribution in [0.15, 0.2) is 5.38 Å². The first-order chi connectivity index (χ1) is 9.01. The molecule has 0 saturated heterocycles. The van der Waals surface area contributed by atoms with Crippen LogP contribution in [0.2, 0.25) is 5.28 Å². The third-order valence-electron chi connectivity index (χ3n) is 2.27. The topological polar surface area (TPSA) is 106 Å². The molecular weight excluding hydrogens is 399 g/mol. The van der Waals surface area contributed by atoms with Crippen LogP contribution in [0, 0.1) is 5.82 Å². The van der Waals surface area contributed by atoms with Gasteiger partial charge in [0.25, 0.3) is 0 Å². The fraction of sp³-hybridized carbons (Fsp3) is 0.222. The molecule has 0 spiro atoms. The molecule has 0 fully saturated rings. The minimum Gasteiger partial charge on any atom is -0.375 e. The normalized spacial score (nSPS) is 9.09. The van der Waals surface area contributed by atoms with Gasteiger partial charge in [-0.2, -0.15) is 14.4 Å². The summed E-state index contributed by atoms with van der Waals surface area (Å²) in [6.45, 7) is 0.335. The van der Waals surface area contributed by atoms with Crippen LogP contribution in [0.5, 0.6) is 0 Å². The van der Waals surface area contributed by atoms with Crippen LogP contribution in [-0.4, -0.2) is 22.0 Å². The molecule has 7 nitrogen and oxygen atoms in total. The molecule has 0 aromatic carbocycles. The molecule has 5 N–H and O–H groups in total. The van der Waals surface area contributed by atoms with Crippen LogP contribution < -0.4 is 21.9 Å². The lowest BCUT2D eigenvalue weighted by Crippen LogP contribution is -2.21. The summed E-state index contributed by atoms with van der Waals surface area (Å²) in [5.74, 6) is 4.34. The van der Waals surface area contributed by atoms with E-state index in [1.54, 1.807) is 12.4 Å². The fourth-order valence-corrected chi connectivity index (χ4v) is 2.19. The number of hydrogen-bond donors (Lipinski definition) is 3. The van der Waals surface area contributed by atoms with Crippen molar-refractivity contribution in [1.29, 1.82) is 0 Å². The van der Waals surface area contributed by atoms with E-state index in [9.17, 15) is 4.39 Å². The molecule has 0 aliphatic carbocycles. The van der Waals surface area contributed by atoms with Crippen LogP contribution >= 0.6 is 60.2 Å². The second-order valence-electron chi connectivity index (χ2n) is 3.66. The molecule has 0 bridgehead atoms. The van der Waals surface area contributed by atoms with Crippen LogP contribution in [0.3, 0.4) is 0 Å². The fourth-order valence-electron chi connectivity index (χ4n) is 1.47. The Bertz CT molecular complexity index is 599. The molecule has 126 valence electrons. The molecule has 2 rings (SSSR count). The van der Waals surface area contributed by atoms with E-state index < -0.39 is 5.82 Å². The second-order valence-corrected chi connectivity index (χ2v) is 4.88. The number of nitrogen functional groups attached to an aromatic ring is 2. The number of halogens is 5. The first-order valence-corrected chi connectivity index (χ1v) is 6.37. The summed E-state index contributed by atoms with van der Waals surface area (Å²) in [7, 11) is 1.65. The van der Waals surface area contributed by atoms with Gasteiger partial charge in [0, 0.05) is 12.4 Å². The Balaban J connectivity index is 0. The summed E-state index contributed by atoms with van der Waals surface area (Å²) in [5.41, 5.74) is 8.37. The number of anilines is 3. The molecule has 0 unspecified atom stereocenters. The summed E-state index contributed by atoms with van der Waals surface area (Å²) in [6.07, 6.45) is 0. The maximum Gasteiger partial charge on any atom is 0.226 e. The third-order valence-corrected chi connectivity index (χ3v) is 3.17. The Morgan fingerprint density at radius 2 is 1.95 bits per heavy atom. The first kappa shape index (κ1) is 23.4. The van der Waals surface area contributed by atoms with E-state index in [4.69, 9.17) is 23.2 Å². The van der Waals surface area contributed by atoms with Crippen molar-refractivity contribution < 1.29 is 4.39 Å². The molecule has 0 aliphatic heterocycles. The largest absolute Gasteiger partial charge is 0.375 e. The zero-order chi connectivity index (χ0) is 14.0. The number of rotatable bonds is 4. The molecule has 0 saturated carbocycles. The molecule has 0 radical (unpaired) electrons. The summed E-state index contributed by atoms with van der Waals surface area (Å²) < 4.78 is 14.0. The number of thiazole rings is 1. The quantitative estimate of drug-likeness (QED) is 0.402. The van der Waals surface area contributed by atoms with Crippen LogP contribution in [0.25, 0.3) is 0 Å². The predicted octanol–water partition coefficient (Wildman–Crippen LogP) is 2.50. The zero-order valence-corrected chi connectivity index (χ0v) is 15.1. The average Bonchev–Trinajstić information content (AvgIpc) is 2.77. The lowest BCUT2D eigenvalue weighted by molar-refractivity contribution is 0.610. The average molecular weight is 413 g/mol. The smallest absolute Gasteiger partial charge is 0.226 e. The summed E-state index contributed by atoms with van der Waals surface area (Å²) in [4.78, 5) is 13.1. The molecule has 0 amide bonds. The standard InChI is InChI=1S/C9H11ClFN7S.3ClH/c1-18(2-4-3-19-9(12)14-4)7-5(11)6(17-13)15-8(10)16-7;;;/h3H,2,13H2,1H3,(H2,12,14)(H,15,16,17);3*1H. The number of aromatic nitrogens is 3. The van der Waals surface area contributed by atoms with Gasteiger partial charge >= 0.3 is 0 Å². The highest BCUT2D eigenvalue weighted by Gasteiger charge is 2.17. The van der Waals surface area contributed by atoms with E-state index in [1.165, 1.54) is 16.2 Å². The molecule has 0 atom stereocenters. The molecule has 2 heterocycles. The maximum atomic E-state index is 14.0. The number of hydrogen-bond acceptors (Lipinski definition) is 8. The molecular formula is C9H14Cl4FN7S. The minimum absolute atomic E-state index is 0. The highest BCUT2D eigenvalue weighted by molar-refractivity contribution is 7.13. The zero-order valence-electron chi connectivity index (χ0n) is 11.1. The lowest BCUT2D eigenvalue weighted by Gasteiger charge is -2.18. The summed E-state index contributed by atoms with van der Waals surface area (Å²) in [6, 6.07) is 0. The van der Waals surface area contributed by atoms with Crippen molar-refractivity contribution in [2.45, 2.75) is 6.54 Å². The monoisotopic (exact) mass is 411 g/mol. The predicted molar refractivity (Wildman–Crippen MR) is 95.2 cm³/mol. The Kier molecular flexibility index (Phi) is 10.7. The van der Waals surface area contributed by atoms with E-state index >= 15 is 0 Å². The van der Waals surface area contributed by atoms with Crippen molar-refractivity contribution in [1.82, 2.24) is 15.0 Å². The maximum absolute atomic E-state index is 14.0. The van der Waals surface area contributed by atoms with E-state index in [0.717, 1.165) is 0 Å². The summed E-state index contributed by atoms with van der Waals surface area (Å²) >= 11 is 7.02. The molecule has 22 heavy (non-hydrogen) atoms. The second kappa shape index (κ2) is 10.0. The van der Waals surface area contributed by atoms with Crippen LogP contribution in [0.1, 0.15) is 5.69 Å². The van der Waals surface area contributed by atoms with E-state index in [2.05, 4.69) is 20.4 Å². The van der Waals surface area contributed by atoms with Gasteiger partial charge in [0.15, 0.2) is 16.8 Å². The van der Waals surface area contributed by atoms with Gasteiger partial charge in [0.05, 0.1) is 12.2 Å². The van der Waals surface area contributed by atoms with Crippen molar-refractivity contribution in [2.24, 2.45) is 5.84 Å². The first-order valence-electron chi connectivity index (χ1n) is 5.12. The van der Waals surface area contributed by atoms with Crippen molar-refractivity contribution in [2.75, 3.05) is 23.1 Å². The van der Waals surface area contributed by atoms with Gasteiger partial charge in [-0.25, -0.2) is 10.8 Å². The Labute approximate surface area is 153 Å². The number of hydrazine groups is 1. The summed E-state index contributed by atoms with van der Waals surface area (Å²) in [5, 5.41) is 2.14. The van der Waals surface area contributed by atoms with E-state index in [1.807, 2.05) is 0 Å². The number of nitrogens with two attached hydrogens (primary N) is 2. The van der Waals surface area contributed by atoms with Crippen molar-refractivity contribution in [3.05, 3.63) is 22.2 Å². The van der Waals surface area contributed by atoms with E-state index in [-0.39, 0.29) is 54.1 Å². The van der Waals surface area contributed by atoms with Crippen molar-refractivity contribution in [3.8, 4) is 0 Å². The minimum atomic E-state index is -0.683. The van der Waals surface area contributed by atoms with Crippen LogP contribution in [0.4, 0.5) is 21.2 Å².